The Labute approximate surface area is 118 Å². The lowest BCUT2D eigenvalue weighted by molar-refractivity contribution is -0.0557. The van der Waals surface area contributed by atoms with Crippen LogP contribution in [-0.2, 0) is 4.74 Å². The van der Waals surface area contributed by atoms with E-state index in [9.17, 15) is 5.11 Å². The Kier molecular flexibility index (Phi) is 4.29. The van der Waals surface area contributed by atoms with Gasteiger partial charge in [0, 0.05) is 13.2 Å². The number of fused-ring (bicyclic) bond motifs is 2. The van der Waals surface area contributed by atoms with E-state index in [2.05, 4.69) is 20.8 Å². The first-order valence-corrected chi connectivity index (χ1v) is 7.72. The van der Waals surface area contributed by atoms with Gasteiger partial charge in [-0.2, -0.15) is 0 Å². The SMILES string of the molecule is CN(C)C[C@@H](O)CCO[C@H]1C[C@H]2CC[C@@]1(C)C2(C)C. The minimum Gasteiger partial charge on any atom is -0.392 e. The summed E-state index contributed by atoms with van der Waals surface area (Å²) in [4.78, 5) is 2.02. The lowest BCUT2D eigenvalue weighted by Crippen LogP contribution is -2.37. The Balaban J connectivity index is 1.79. The second-order valence-electron chi connectivity index (χ2n) is 7.67. The van der Waals surface area contributed by atoms with E-state index >= 15 is 0 Å². The third-order valence-corrected chi connectivity index (χ3v) is 6.06. The van der Waals surface area contributed by atoms with Crippen molar-refractivity contribution in [3.8, 4) is 0 Å². The van der Waals surface area contributed by atoms with Crippen LogP contribution in [0.3, 0.4) is 0 Å². The number of ether oxygens (including phenoxy) is 1. The maximum Gasteiger partial charge on any atom is 0.0688 e. The molecule has 0 amide bonds. The Hall–Kier alpha value is -0.120. The molecule has 0 aromatic carbocycles. The van der Waals surface area contributed by atoms with Gasteiger partial charge >= 0.3 is 0 Å². The molecular formula is C16H31NO2. The molecule has 2 rings (SSSR count). The second kappa shape index (κ2) is 5.34. The summed E-state index contributed by atoms with van der Waals surface area (Å²) in [5.74, 6) is 0.828. The third-order valence-electron chi connectivity index (χ3n) is 6.06. The summed E-state index contributed by atoms with van der Waals surface area (Å²) in [7, 11) is 3.98. The molecule has 3 nitrogen and oxygen atoms in total. The molecule has 0 saturated heterocycles. The standard InChI is InChI=1S/C16H31NO2/c1-15(2)12-6-8-16(15,3)14(10-12)19-9-7-13(18)11-17(4)5/h12-14,18H,6-11H2,1-5H3/t12-,13+,14+,16-/m1/s1. The topological polar surface area (TPSA) is 32.7 Å². The van der Waals surface area contributed by atoms with Crippen molar-refractivity contribution in [3.05, 3.63) is 0 Å². The fourth-order valence-electron chi connectivity index (χ4n) is 4.24. The highest BCUT2D eigenvalue weighted by Gasteiger charge is 2.61. The summed E-state index contributed by atoms with van der Waals surface area (Å²) in [6.45, 7) is 8.64. The van der Waals surface area contributed by atoms with Crippen LogP contribution < -0.4 is 0 Å². The second-order valence-corrected chi connectivity index (χ2v) is 7.67. The molecule has 0 aliphatic heterocycles. The zero-order chi connectivity index (χ0) is 14.3. The Morgan fingerprint density at radius 3 is 2.47 bits per heavy atom. The molecule has 0 unspecified atom stereocenters. The van der Waals surface area contributed by atoms with Gasteiger partial charge in [-0.3, -0.25) is 0 Å². The average molecular weight is 269 g/mol. The largest absolute Gasteiger partial charge is 0.392 e. The van der Waals surface area contributed by atoms with Crippen molar-refractivity contribution >= 4 is 0 Å². The molecule has 2 bridgehead atoms. The monoisotopic (exact) mass is 269 g/mol. The van der Waals surface area contributed by atoms with Crippen LogP contribution in [0.25, 0.3) is 0 Å². The molecule has 3 heteroatoms. The molecule has 0 heterocycles. The summed E-state index contributed by atoms with van der Waals surface area (Å²) in [6.07, 6.45) is 4.76. The van der Waals surface area contributed by atoms with Gasteiger partial charge < -0.3 is 14.7 Å². The Morgan fingerprint density at radius 2 is 2.00 bits per heavy atom. The van der Waals surface area contributed by atoms with E-state index in [0.717, 1.165) is 18.9 Å². The molecule has 0 spiro atoms. The first-order chi connectivity index (χ1) is 8.77. The summed E-state index contributed by atoms with van der Waals surface area (Å²) >= 11 is 0. The molecule has 1 N–H and O–H groups in total. The fraction of sp³-hybridized carbons (Fsp3) is 1.00. The fourth-order valence-corrected chi connectivity index (χ4v) is 4.24. The van der Waals surface area contributed by atoms with E-state index in [0.29, 0.717) is 23.5 Å². The first-order valence-electron chi connectivity index (χ1n) is 7.72. The summed E-state index contributed by atoms with van der Waals surface area (Å²) < 4.78 is 6.15. The third kappa shape index (κ3) is 2.70. The molecule has 0 aromatic heterocycles. The first kappa shape index (κ1) is 15.3. The Bertz CT molecular complexity index is 316. The smallest absolute Gasteiger partial charge is 0.0688 e. The van der Waals surface area contributed by atoms with E-state index in [1.807, 2.05) is 19.0 Å². The Morgan fingerprint density at radius 1 is 1.32 bits per heavy atom. The maximum absolute atomic E-state index is 9.87. The summed E-state index contributed by atoms with van der Waals surface area (Å²) in [5.41, 5.74) is 0.754. The number of hydrogen-bond donors (Lipinski definition) is 1. The van der Waals surface area contributed by atoms with Crippen LogP contribution in [0, 0.1) is 16.7 Å². The summed E-state index contributed by atoms with van der Waals surface area (Å²) in [6, 6.07) is 0. The lowest BCUT2D eigenvalue weighted by atomic mass is 9.70. The van der Waals surface area contributed by atoms with Crippen molar-refractivity contribution in [3.63, 3.8) is 0 Å². The van der Waals surface area contributed by atoms with Crippen molar-refractivity contribution in [1.29, 1.82) is 0 Å². The molecule has 112 valence electrons. The van der Waals surface area contributed by atoms with Gasteiger partial charge in [-0.1, -0.05) is 20.8 Å². The van der Waals surface area contributed by atoms with Gasteiger partial charge in [0.05, 0.1) is 12.2 Å². The average Bonchev–Trinajstić information content (AvgIpc) is 2.60. The minimum atomic E-state index is -0.269. The van der Waals surface area contributed by atoms with Gasteiger partial charge in [0.25, 0.3) is 0 Å². The van der Waals surface area contributed by atoms with Gasteiger partial charge in [-0.15, -0.1) is 0 Å². The van der Waals surface area contributed by atoms with Crippen molar-refractivity contribution in [1.82, 2.24) is 4.90 Å². The molecule has 4 atom stereocenters. The van der Waals surface area contributed by atoms with Gasteiger partial charge in [-0.25, -0.2) is 0 Å². The van der Waals surface area contributed by atoms with E-state index in [4.69, 9.17) is 4.74 Å². The number of nitrogens with zero attached hydrogens (tertiary/aromatic N) is 1. The predicted molar refractivity (Wildman–Crippen MR) is 78.1 cm³/mol. The quantitative estimate of drug-likeness (QED) is 0.804. The maximum atomic E-state index is 9.87. The van der Waals surface area contributed by atoms with Crippen molar-refractivity contribution in [2.45, 2.75) is 58.7 Å². The lowest BCUT2D eigenvalue weighted by Gasteiger charge is -2.39. The molecule has 2 saturated carbocycles. The molecule has 2 fully saturated rings. The van der Waals surface area contributed by atoms with Gasteiger partial charge in [-0.05, 0) is 56.5 Å². The van der Waals surface area contributed by atoms with Gasteiger partial charge in [0.1, 0.15) is 0 Å². The number of aliphatic hydroxyl groups excluding tert-OH is 1. The van der Waals surface area contributed by atoms with Crippen molar-refractivity contribution in [2.75, 3.05) is 27.2 Å². The molecule has 2 aliphatic carbocycles. The highest BCUT2D eigenvalue weighted by molar-refractivity contribution is 5.11. The molecule has 2 aliphatic rings. The minimum absolute atomic E-state index is 0.269. The van der Waals surface area contributed by atoms with Crippen molar-refractivity contribution < 1.29 is 9.84 Å². The number of hydrogen-bond acceptors (Lipinski definition) is 3. The van der Waals surface area contributed by atoms with Crippen LogP contribution in [0.5, 0.6) is 0 Å². The van der Waals surface area contributed by atoms with Crippen LogP contribution in [-0.4, -0.2) is 49.5 Å². The highest BCUT2D eigenvalue weighted by atomic mass is 16.5. The van der Waals surface area contributed by atoms with Gasteiger partial charge in [0.2, 0.25) is 0 Å². The molecule has 0 aromatic rings. The number of likely N-dealkylation sites (N-methyl/N-ethyl adjacent to an activating group) is 1. The van der Waals surface area contributed by atoms with Crippen LogP contribution >= 0.6 is 0 Å². The highest BCUT2D eigenvalue weighted by Crippen LogP contribution is 2.66. The zero-order valence-electron chi connectivity index (χ0n) is 13.3. The van der Waals surface area contributed by atoms with Crippen LogP contribution in [0.2, 0.25) is 0 Å². The van der Waals surface area contributed by atoms with Crippen LogP contribution in [0.15, 0.2) is 0 Å². The zero-order valence-corrected chi connectivity index (χ0v) is 13.3. The van der Waals surface area contributed by atoms with Crippen LogP contribution in [0.4, 0.5) is 0 Å². The van der Waals surface area contributed by atoms with Gasteiger partial charge in [0.15, 0.2) is 0 Å². The molecular weight excluding hydrogens is 238 g/mol. The number of rotatable bonds is 6. The van der Waals surface area contributed by atoms with E-state index < -0.39 is 0 Å². The molecule has 0 radical (unpaired) electrons. The summed E-state index contributed by atoms with van der Waals surface area (Å²) in [5, 5.41) is 9.87. The van der Waals surface area contributed by atoms with E-state index in [1.54, 1.807) is 0 Å². The number of aliphatic hydroxyl groups is 1. The molecule has 19 heavy (non-hydrogen) atoms. The van der Waals surface area contributed by atoms with Crippen molar-refractivity contribution in [2.24, 2.45) is 16.7 Å². The van der Waals surface area contributed by atoms with E-state index in [-0.39, 0.29) is 6.10 Å². The predicted octanol–water partition coefficient (Wildman–Crippen LogP) is 2.53. The van der Waals surface area contributed by atoms with Crippen LogP contribution in [0.1, 0.15) is 46.5 Å². The van der Waals surface area contributed by atoms with E-state index in [1.165, 1.54) is 19.3 Å². The normalized spacial score (nSPS) is 38.1.